The molecule has 0 unspecified atom stereocenters. The number of halogens is 1. The summed E-state index contributed by atoms with van der Waals surface area (Å²) in [5, 5.41) is 9.48. The summed E-state index contributed by atoms with van der Waals surface area (Å²) in [5.74, 6) is -0.0860. The van der Waals surface area contributed by atoms with Crippen molar-refractivity contribution < 1.29 is 23.4 Å². The number of anilines is 2. The minimum absolute atomic E-state index is 0.0641. The summed E-state index contributed by atoms with van der Waals surface area (Å²) in [6, 6.07) is 6.49. The Morgan fingerprint density at radius 3 is 3.03 bits per heavy atom. The van der Waals surface area contributed by atoms with Crippen molar-refractivity contribution >= 4 is 17.3 Å². The molecule has 0 saturated carbocycles. The highest BCUT2D eigenvalue weighted by molar-refractivity contribution is 6.06. The number of nitrogens with one attached hydrogen (secondary N) is 4. The van der Waals surface area contributed by atoms with Gasteiger partial charge in [-0.15, -0.1) is 0 Å². The second-order valence-electron chi connectivity index (χ2n) is 8.09. The van der Waals surface area contributed by atoms with Crippen molar-refractivity contribution in [1.82, 2.24) is 20.6 Å². The van der Waals surface area contributed by atoms with E-state index in [1.165, 1.54) is 13.2 Å². The quantitative estimate of drug-likeness (QED) is 0.423. The second-order valence-corrected chi connectivity index (χ2v) is 8.09. The largest absolute Gasteiger partial charge is 0.492 e. The van der Waals surface area contributed by atoms with Crippen LogP contribution in [0.1, 0.15) is 16.1 Å². The van der Waals surface area contributed by atoms with Crippen LogP contribution in [0.5, 0.6) is 11.5 Å². The molecule has 0 radical (unpaired) electrons. The Balaban J connectivity index is 1.55. The van der Waals surface area contributed by atoms with E-state index >= 15 is 0 Å². The van der Waals surface area contributed by atoms with E-state index < -0.39 is 5.82 Å². The van der Waals surface area contributed by atoms with Gasteiger partial charge >= 0.3 is 0 Å². The highest BCUT2D eigenvalue weighted by atomic mass is 19.1. The molecule has 1 aromatic carbocycles. The molecule has 4 heterocycles. The third-order valence-electron chi connectivity index (χ3n) is 5.89. The molecule has 34 heavy (non-hydrogen) atoms. The molecule has 0 aliphatic carbocycles. The summed E-state index contributed by atoms with van der Waals surface area (Å²) in [6.45, 7) is 2.96. The van der Waals surface area contributed by atoms with E-state index in [0.717, 1.165) is 17.8 Å². The topological polar surface area (TPSA) is 110 Å². The van der Waals surface area contributed by atoms with E-state index in [2.05, 4.69) is 25.9 Å². The van der Waals surface area contributed by atoms with Gasteiger partial charge in [0, 0.05) is 37.0 Å². The number of rotatable bonds is 7. The monoisotopic (exact) mass is 467 g/mol. The van der Waals surface area contributed by atoms with Crippen LogP contribution in [0.25, 0.3) is 11.3 Å². The first-order chi connectivity index (χ1) is 16.7. The van der Waals surface area contributed by atoms with Crippen molar-refractivity contribution in [3.8, 4) is 22.8 Å². The summed E-state index contributed by atoms with van der Waals surface area (Å²) >= 11 is 0. The first kappa shape index (κ1) is 22.2. The molecule has 3 aromatic rings. The maximum Gasteiger partial charge on any atom is 0.255 e. The number of pyridine rings is 1. The molecule has 1 saturated heterocycles. The van der Waals surface area contributed by atoms with Gasteiger partial charge in [-0.05, 0) is 18.2 Å². The van der Waals surface area contributed by atoms with Gasteiger partial charge in [0.25, 0.3) is 5.91 Å². The lowest BCUT2D eigenvalue weighted by Gasteiger charge is -2.24. The van der Waals surface area contributed by atoms with Gasteiger partial charge in [0.15, 0.2) is 11.6 Å². The van der Waals surface area contributed by atoms with Crippen LogP contribution in [0.4, 0.5) is 15.8 Å². The molecule has 5 rings (SSSR count). The van der Waals surface area contributed by atoms with Gasteiger partial charge in [0.05, 0.1) is 55.2 Å². The molecular formula is C24H26FN5O4. The third-order valence-corrected chi connectivity index (χ3v) is 5.89. The van der Waals surface area contributed by atoms with Crippen LogP contribution in [-0.2, 0) is 11.2 Å². The maximum absolute atomic E-state index is 14.4. The molecule has 0 bridgehead atoms. The van der Waals surface area contributed by atoms with Crippen molar-refractivity contribution in [2.75, 3.05) is 45.3 Å². The number of aromatic nitrogens is 2. The molecule has 1 atom stereocenters. The number of methoxy groups -OCH3 is 1. The predicted molar refractivity (Wildman–Crippen MR) is 124 cm³/mol. The van der Waals surface area contributed by atoms with Crippen molar-refractivity contribution in [3.63, 3.8) is 0 Å². The highest BCUT2D eigenvalue weighted by Gasteiger charge is 2.29. The van der Waals surface area contributed by atoms with Crippen LogP contribution in [0.2, 0.25) is 0 Å². The van der Waals surface area contributed by atoms with Gasteiger partial charge in [-0.3, -0.25) is 9.78 Å². The molecule has 0 spiro atoms. The zero-order valence-electron chi connectivity index (χ0n) is 18.7. The summed E-state index contributed by atoms with van der Waals surface area (Å²) in [7, 11) is 1.40. The number of hydrogen-bond donors (Lipinski definition) is 4. The number of benzene rings is 1. The van der Waals surface area contributed by atoms with E-state index in [1.807, 2.05) is 6.07 Å². The number of carbonyl (C=O) groups excluding carboxylic acids is 1. The van der Waals surface area contributed by atoms with Gasteiger partial charge in [-0.2, -0.15) is 0 Å². The number of nitrogens with zero attached hydrogens (tertiary/aromatic N) is 1. The zero-order valence-corrected chi connectivity index (χ0v) is 18.7. The van der Waals surface area contributed by atoms with E-state index in [9.17, 15) is 9.18 Å². The summed E-state index contributed by atoms with van der Waals surface area (Å²) in [5.41, 5.74) is 3.58. The first-order valence-electron chi connectivity index (χ1n) is 11.2. The summed E-state index contributed by atoms with van der Waals surface area (Å²) < 4.78 is 31.3. The third kappa shape index (κ3) is 4.29. The smallest absolute Gasteiger partial charge is 0.255 e. The van der Waals surface area contributed by atoms with E-state index in [0.29, 0.717) is 61.2 Å². The number of amides is 1. The van der Waals surface area contributed by atoms with Crippen molar-refractivity contribution in [2.24, 2.45) is 0 Å². The van der Waals surface area contributed by atoms with Gasteiger partial charge < -0.3 is 35.1 Å². The Labute approximate surface area is 196 Å². The number of aromatic amines is 1. The lowest BCUT2D eigenvalue weighted by Crippen LogP contribution is -2.44. The molecule has 1 fully saturated rings. The molecule has 178 valence electrons. The Morgan fingerprint density at radius 2 is 2.21 bits per heavy atom. The normalized spacial score (nSPS) is 17.6. The van der Waals surface area contributed by atoms with Gasteiger partial charge in [-0.1, -0.05) is 6.07 Å². The summed E-state index contributed by atoms with van der Waals surface area (Å²) in [4.78, 5) is 20.5. The van der Waals surface area contributed by atoms with Crippen LogP contribution >= 0.6 is 0 Å². The van der Waals surface area contributed by atoms with Gasteiger partial charge in [-0.25, -0.2) is 4.39 Å². The van der Waals surface area contributed by atoms with Crippen LogP contribution in [0.3, 0.4) is 0 Å². The molecule has 2 aliphatic heterocycles. The molecule has 10 heteroatoms. The van der Waals surface area contributed by atoms with Gasteiger partial charge in [0.1, 0.15) is 12.4 Å². The highest BCUT2D eigenvalue weighted by Crippen LogP contribution is 2.41. The van der Waals surface area contributed by atoms with Crippen LogP contribution in [0, 0.1) is 5.82 Å². The molecule has 2 aromatic heterocycles. The van der Waals surface area contributed by atoms with Gasteiger partial charge in [0.2, 0.25) is 0 Å². The number of ether oxygens (including phenoxy) is 3. The number of hydrogen-bond acceptors (Lipinski definition) is 7. The standard InChI is InChI=1S/C24H26FN5O4/c1-32-23-16(25)3-2-4-18(23)30-22-20-17(6-8-28-24(20)31)29-21(22)15-5-7-26-11-19(15)34-13-14-12-33-10-9-27-14/h2-5,7,11,14,27,29-30H,6,8-10,12-13H2,1H3,(H,28,31)/t14-/m0/s1. The SMILES string of the molecule is COc1c(F)cccc1Nc1c(-c2ccncc2OC[C@@H]2COCCN2)[nH]c2c1C(=O)NCC2. The number of para-hydroxylation sites is 1. The molecule has 1 amide bonds. The Hall–Kier alpha value is -3.63. The lowest BCUT2D eigenvalue weighted by molar-refractivity contribution is 0.0593. The average molecular weight is 468 g/mol. The first-order valence-corrected chi connectivity index (χ1v) is 11.2. The maximum atomic E-state index is 14.4. The van der Waals surface area contributed by atoms with E-state index in [1.54, 1.807) is 24.5 Å². The fourth-order valence-corrected chi connectivity index (χ4v) is 4.27. The Kier molecular flexibility index (Phi) is 6.33. The second kappa shape index (κ2) is 9.70. The Morgan fingerprint density at radius 1 is 1.29 bits per heavy atom. The van der Waals surface area contributed by atoms with Crippen LogP contribution < -0.4 is 25.4 Å². The fourth-order valence-electron chi connectivity index (χ4n) is 4.27. The average Bonchev–Trinajstić information content (AvgIpc) is 3.23. The molecule has 4 N–H and O–H groups in total. The van der Waals surface area contributed by atoms with Crippen LogP contribution in [0.15, 0.2) is 36.7 Å². The van der Waals surface area contributed by atoms with Crippen molar-refractivity contribution in [3.05, 3.63) is 53.7 Å². The number of H-pyrrole nitrogens is 1. The van der Waals surface area contributed by atoms with E-state index in [-0.39, 0.29) is 17.7 Å². The molecule has 2 aliphatic rings. The van der Waals surface area contributed by atoms with Crippen molar-refractivity contribution in [1.29, 1.82) is 0 Å². The predicted octanol–water partition coefficient (Wildman–Crippen LogP) is 2.62. The summed E-state index contributed by atoms with van der Waals surface area (Å²) in [6.07, 6.45) is 3.95. The minimum Gasteiger partial charge on any atom is -0.492 e. The number of morpholine rings is 1. The van der Waals surface area contributed by atoms with Crippen LogP contribution in [-0.4, -0.2) is 61.9 Å². The fraction of sp³-hybridized carbons (Fsp3) is 0.333. The molecule has 9 nitrogen and oxygen atoms in total. The Bertz CT molecular complexity index is 1190. The van der Waals surface area contributed by atoms with Crippen molar-refractivity contribution in [2.45, 2.75) is 12.5 Å². The lowest BCUT2D eigenvalue weighted by atomic mass is 10.0. The minimum atomic E-state index is -0.502. The molecular weight excluding hydrogens is 441 g/mol. The number of fused-ring (bicyclic) bond motifs is 1. The zero-order chi connectivity index (χ0) is 23.5. The number of carbonyl (C=O) groups is 1. The van der Waals surface area contributed by atoms with E-state index in [4.69, 9.17) is 14.2 Å².